The third kappa shape index (κ3) is 3.89. The number of ether oxygens (including phenoxy) is 2. The summed E-state index contributed by atoms with van der Waals surface area (Å²) < 4.78 is 11.8. The van der Waals surface area contributed by atoms with Gasteiger partial charge in [-0.15, -0.1) is 0 Å². The number of carbonyl (C=O) groups excluding carboxylic acids is 3. The van der Waals surface area contributed by atoms with E-state index in [1.54, 1.807) is 24.0 Å². The lowest BCUT2D eigenvalue weighted by atomic mass is 9.66. The van der Waals surface area contributed by atoms with Crippen molar-refractivity contribution >= 4 is 35.1 Å². The summed E-state index contributed by atoms with van der Waals surface area (Å²) in [6, 6.07) is 4.47. The second-order valence-electron chi connectivity index (χ2n) is 9.72. The number of aliphatic hydroxyl groups excluding tert-OH is 1. The van der Waals surface area contributed by atoms with Crippen LogP contribution in [0.2, 0.25) is 5.02 Å². The Morgan fingerprint density at radius 3 is 2.74 bits per heavy atom. The first kappa shape index (κ1) is 24.9. The molecule has 0 saturated carbocycles. The number of rotatable bonds is 9. The van der Waals surface area contributed by atoms with Crippen LogP contribution in [0.4, 0.5) is 5.69 Å². The van der Waals surface area contributed by atoms with Gasteiger partial charge in [-0.2, -0.15) is 0 Å². The fraction of sp³-hybridized carbons (Fsp3) is 0.640. The molecule has 9 heteroatoms. The Balaban J connectivity index is 1.70. The van der Waals surface area contributed by atoms with E-state index < -0.39 is 35.0 Å². The van der Waals surface area contributed by atoms with Crippen LogP contribution in [0.25, 0.3) is 0 Å². The normalized spacial score (nSPS) is 31.6. The second-order valence-corrected chi connectivity index (χ2v) is 10.1. The van der Waals surface area contributed by atoms with Gasteiger partial charge >= 0.3 is 5.97 Å². The molecule has 1 aromatic rings. The van der Waals surface area contributed by atoms with Crippen LogP contribution in [0.15, 0.2) is 18.2 Å². The van der Waals surface area contributed by atoms with E-state index in [0.29, 0.717) is 42.9 Å². The third-order valence-electron chi connectivity index (χ3n) is 7.59. The molecule has 3 fully saturated rings. The topological polar surface area (TPSA) is 105 Å². The van der Waals surface area contributed by atoms with Crippen molar-refractivity contribution in [3.63, 3.8) is 0 Å². The molecular weight excluding hydrogens is 460 g/mol. The molecule has 3 saturated heterocycles. The molecule has 186 valence electrons. The number of amides is 2. The summed E-state index contributed by atoms with van der Waals surface area (Å²) in [6.45, 7) is 6.04. The van der Waals surface area contributed by atoms with Crippen LogP contribution in [0.5, 0.6) is 0 Å². The standard InChI is InChI=1S/C25H33ClN2O6/c1-4-33-23(32)18-17-22(31)28(13-6-5-7-14-29)20(25(17)12-11-24(18,3)34-25)21(30)27-19-15(2)9-8-10-16(19)26/h8-10,17-18,20,29H,4-7,11-14H2,1-3H3,(H,27,30)/t17-,18+,20?,24-,25?/m0/s1. The molecule has 2 bridgehead atoms. The molecule has 3 heterocycles. The zero-order chi connectivity index (χ0) is 24.7. The molecule has 2 N–H and O–H groups in total. The van der Waals surface area contributed by atoms with E-state index in [1.165, 1.54) is 0 Å². The minimum absolute atomic E-state index is 0.0720. The SMILES string of the molecule is CCOC(=O)[C@H]1[C@H]2C(=O)N(CCCCCO)C(C(=O)Nc3c(C)cccc3Cl)C23CC[C@]1(C)O3. The summed E-state index contributed by atoms with van der Waals surface area (Å²) in [5, 5.41) is 12.5. The maximum Gasteiger partial charge on any atom is 0.312 e. The molecule has 2 unspecified atom stereocenters. The fourth-order valence-corrected chi connectivity index (χ4v) is 6.38. The van der Waals surface area contributed by atoms with Gasteiger partial charge in [0.15, 0.2) is 0 Å². The van der Waals surface area contributed by atoms with Crippen LogP contribution >= 0.6 is 11.6 Å². The van der Waals surface area contributed by atoms with Crippen molar-refractivity contribution in [2.45, 2.75) is 70.1 Å². The van der Waals surface area contributed by atoms with E-state index in [2.05, 4.69) is 5.32 Å². The van der Waals surface area contributed by atoms with Gasteiger partial charge in [-0.1, -0.05) is 23.7 Å². The number of unbranched alkanes of at least 4 members (excludes halogenated alkanes) is 2. The van der Waals surface area contributed by atoms with Gasteiger partial charge in [0.05, 0.1) is 28.8 Å². The van der Waals surface area contributed by atoms with Crippen LogP contribution in [-0.4, -0.2) is 64.8 Å². The van der Waals surface area contributed by atoms with Gasteiger partial charge in [-0.05, 0) is 64.5 Å². The zero-order valence-corrected chi connectivity index (χ0v) is 20.7. The molecule has 5 atom stereocenters. The Kier molecular flexibility index (Phi) is 6.95. The van der Waals surface area contributed by atoms with Gasteiger partial charge in [0, 0.05) is 13.2 Å². The minimum atomic E-state index is -1.10. The van der Waals surface area contributed by atoms with Crippen molar-refractivity contribution in [2.24, 2.45) is 11.8 Å². The highest BCUT2D eigenvalue weighted by molar-refractivity contribution is 6.34. The number of fused-ring (bicyclic) bond motifs is 1. The van der Waals surface area contributed by atoms with E-state index >= 15 is 0 Å². The monoisotopic (exact) mass is 492 g/mol. The predicted molar refractivity (Wildman–Crippen MR) is 126 cm³/mol. The van der Waals surface area contributed by atoms with Crippen molar-refractivity contribution in [1.29, 1.82) is 0 Å². The minimum Gasteiger partial charge on any atom is -0.466 e. The van der Waals surface area contributed by atoms with E-state index in [-0.39, 0.29) is 25.0 Å². The van der Waals surface area contributed by atoms with E-state index in [1.807, 2.05) is 19.9 Å². The number of esters is 1. The summed E-state index contributed by atoms with van der Waals surface area (Å²) in [4.78, 5) is 42.1. The van der Waals surface area contributed by atoms with Crippen LogP contribution < -0.4 is 5.32 Å². The number of para-hydroxylation sites is 1. The first-order chi connectivity index (χ1) is 16.2. The van der Waals surface area contributed by atoms with Gasteiger partial charge < -0.3 is 24.8 Å². The van der Waals surface area contributed by atoms with Crippen molar-refractivity contribution in [3.05, 3.63) is 28.8 Å². The Morgan fingerprint density at radius 2 is 2.06 bits per heavy atom. The lowest BCUT2D eigenvalue weighted by molar-refractivity contribution is -0.158. The van der Waals surface area contributed by atoms with Gasteiger partial charge in [-0.25, -0.2) is 0 Å². The maximum atomic E-state index is 13.8. The summed E-state index contributed by atoms with van der Waals surface area (Å²) in [6.07, 6.45) is 3.03. The average Bonchev–Trinajstić information content (AvgIpc) is 3.35. The van der Waals surface area contributed by atoms with Crippen LogP contribution in [0.1, 0.15) is 51.5 Å². The number of halogens is 1. The van der Waals surface area contributed by atoms with Gasteiger partial charge in [0.1, 0.15) is 17.6 Å². The van der Waals surface area contributed by atoms with Crippen LogP contribution in [0, 0.1) is 18.8 Å². The maximum absolute atomic E-state index is 13.8. The van der Waals surface area contributed by atoms with Crippen molar-refractivity contribution in [1.82, 2.24) is 4.90 Å². The van der Waals surface area contributed by atoms with Crippen molar-refractivity contribution in [2.75, 3.05) is 25.1 Å². The number of carbonyl (C=O) groups is 3. The largest absolute Gasteiger partial charge is 0.466 e. The average molecular weight is 493 g/mol. The van der Waals surface area contributed by atoms with Crippen LogP contribution in [-0.2, 0) is 23.9 Å². The van der Waals surface area contributed by atoms with E-state index in [0.717, 1.165) is 12.0 Å². The third-order valence-corrected chi connectivity index (χ3v) is 7.91. The Morgan fingerprint density at radius 1 is 1.29 bits per heavy atom. The highest BCUT2D eigenvalue weighted by atomic mass is 35.5. The summed E-state index contributed by atoms with van der Waals surface area (Å²) in [7, 11) is 0. The molecule has 0 aliphatic carbocycles. The molecule has 2 amide bonds. The molecule has 1 aromatic carbocycles. The Hall–Kier alpha value is -2.16. The smallest absolute Gasteiger partial charge is 0.312 e. The zero-order valence-electron chi connectivity index (χ0n) is 19.9. The number of benzene rings is 1. The number of hydrogen-bond donors (Lipinski definition) is 2. The lowest BCUT2D eigenvalue weighted by Gasteiger charge is -2.33. The van der Waals surface area contributed by atoms with E-state index in [9.17, 15) is 14.4 Å². The molecule has 4 rings (SSSR count). The molecule has 34 heavy (non-hydrogen) atoms. The quantitative estimate of drug-likeness (QED) is 0.405. The first-order valence-electron chi connectivity index (χ1n) is 12.0. The molecule has 0 radical (unpaired) electrons. The van der Waals surface area contributed by atoms with E-state index in [4.69, 9.17) is 26.2 Å². The molecule has 8 nitrogen and oxygen atoms in total. The number of likely N-dealkylation sites (tertiary alicyclic amines) is 1. The lowest BCUT2D eigenvalue weighted by Crippen LogP contribution is -2.53. The highest BCUT2D eigenvalue weighted by Crippen LogP contribution is 2.63. The summed E-state index contributed by atoms with van der Waals surface area (Å²) in [5.74, 6) is -2.60. The number of aliphatic hydroxyl groups is 1. The second kappa shape index (κ2) is 9.47. The number of nitrogens with one attached hydrogen (secondary N) is 1. The van der Waals surface area contributed by atoms with Gasteiger partial charge in [0.2, 0.25) is 11.8 Å². The predicted octanol–water partition coefficient (Wildman–Crippen LogP) is 3.08. The summed E-state index contributed by atoms with van der Waals surface area (Å²) in [5.41, 5.74) is -0.641. The molecule has 0 aromatic heterocycles. The molecule has 3 aliphatic heterocycles. The van der Waals surface area contributed by atoms with Crippen molar-refractivity contribution < 1.29 is 29.0 Å². The van der Waals surface area contributed by atoms with Crippen molar-refractivity contribution in [3.8, 4) is 0 Å². The fourth-order valence-electron chi connectivity index (χ4n) is 6.11. The highest BCUT2D eigenvalue weighted by Gasteiger charge is 2.78. The van der Waals surface area contributed by atoms with Gasteiger partial charge in [-0.3, -0.25) is 14.4 Å². The Labute approximate surface area is 204 Å². The van der Waals surface area contributed by atoms with Gasteiger partial charge in [0.25, 0.3) is 0 Å². The van der Waals surface area contributed by atoms with Crippen LogP contribution in [0.3, 0.4) is 0 Å². The molecular formula is C25H33ClN2O6. The Bertz CT molecular complexity index is 966. The first-order valence-corrected chi connectivity index (χ1v) is 12.4. The molecule has 1 spiro atoms. The molecule has 3 aliphatic rings. The number of anilines is 1. The number of hydrogen-bond acceptors (Lipinski definition) is 6. The number of aryl methyl sites for hydroxylation is 1. The summed E-state index contributed by atoms with van der Waals surface area (Å²) >= 11 is 6.36. The number of nitrogens with zero attached hydrogens (tertiary/aromatic N) is 1.